The summed E-state index contributed by atoms with van der Waals surface area (Å²) in [4.78, 5) is 26.4. The van der Waals surface area contributed by atoms with Crippen LogP contribution in [0.25, 0.3) is 0 Å². The van der Waals surface area contributed by atoms with Crippen LogP contribution in [0.4, 0.5) is 4.79 Å². The lowest BCUT2D eigenvalue weighted by Gasteiger charge is -2.27. The number of carbonyl (C=O) groups excluding carboxylic acids is 1. The van der Waals surface area contributed by atoms with E-state index in [1.807, 2.05) is 25.9 Å². The number of nitrogens with zero attached hydrogens (tertiary/aromatic N) is 2. The van der Waals surface area contributed by atoms with Crippen molar-refractivity contribution in [1.29, 1.82) is 0 Å². The molecular weight excluding hydrogens is 274 g/mol. The van der Waals surface area contributed by atoms with Gasteiger partial charge in [-0.15, -0.1) is 0 Å². The summed E-state index contributed by atoms with van der Waals surface area (Å²) in [5, 5.41) is 21.2. The highest BCUT2D eigenvalue weighted by atomic mass is 16.4. The van der Waals surface area contributed by atoms with Gasteiger partial charge in [-0.2, -0.15) is 0 Å². The van der Waals surface area contributed by atoms with Gasteiger partial charge in [-0.25, -0.2) is 4.79 Å². The van der Waals surface area contributed by atoms with Crippen molar-refractivity contribution in [2.75, 3.05) is 33.7 Å². The zero-order chi connectivity index (χ0) is 16.0. The number of aliphatic carboxylic acids is 1. The van der Waals surface area contributed by atoms with Crippen LogP contribution in [0.15, 0.2) is 0 Å². The largest absolute Gasteiger partial charge is 0.481 e. The SMILES string of the molecule is CC(CCC(=O)O)CNC(=O)N1CC(O)CC1CN(C)C. The summed E-state index contributed by atoms with van der Waals surface area (Å²) >= 11 is 0. The number of likely N-dealkylation sites (N-methyl/N-ethyl adjacent to an activating group) is 1. The molecule has 1 rings (SSSR count). The summed E-state index contributed by atoms with van der Waals surface area (Å²) in [6.45, 7) is 3.44. The second kappa shape index (κ2) is 8.19. The number of rotatable bonds is 7. The second-order valence-electron chi connectivity index (χ2n) is 6.18. The monoisotopic (exact) mass is 301 g/mol. The van der Waals surface area contributed by atoms with Crippen LogP contribution in [-0.2, 0) is 4.79 Å². The summed E-state index contributed by atoms with van der Waals surface area (Å²) in [5.41, 5.74) is 0. The van der Waals surface area contributed by atoms with Crippen molar-refractivity contribution >= 4 is 12.0 Å². The van der Waals surface area contributed by atoms with Crippen molar-refractivity contribution in [3.63, 3.8) is 0 Å². The molecular formula is C14H27N3O4. The standard InChI is InChI=1S/C14H27N3O4/c1-10(4-5-13(19)20)7-15-14(21)17-9-12(18)6-11(17)8-16(2)3/h10-12,18H,4-9H2,1-3H3,(H,15,21)(H,19,20). The average Bonchev–Trinajstić information content (AvgIpc) is 2.73. The first-order valence-corrected chi connectivity index (χ1v) is 7.38. The van der Waals surface area contributed by atoms with Crippen molar-refractivity contribution < 1.29 is 19.8 Å². The maximum absolute atomic E-state index is 12.2. The van der Waals surface area contributed by atoms with Crippen molar-refractivity contribution in [1.82, 2.24) is 15.1 Å². The lowest BCUT2D eigenvalue weighted by atomic mass is 10.1. The quantitative estimate of drug-likeness (QED) is 0.624. The molecule has 2 amide bonds. The number of aliphatic hydroxyl groups excluding tert-OH is 1. The maximum atomic E-state index is 12.2. The van der Waals surface area contributed by atoms with Crippen LogP contribution in [-0.4, -0.2) is 77.9 Å². The molecule has 0 aliphatic carbocycles. The van der Waals surface area contributed by atoms with Crippen molar-refractivity contribution in [2.45, 2.75) is 38.3 Å². The predicted molar refractivity (Wildman–Crippen MR) is 79.1 cm³/mol. The van der Waals surface area contributed by atoms with Crippen LogP contribution in [0.3, 0.4) is 0 Å². The fraction of sp³-hybridized carbons (Fsp3) is 0.857. The van der Waals surface area contributed by atoms with E-state index in [0.717, 1.165) is 6.54 Å². The van der Waals surface area contributed by atoms with E-state index >= 15 is 0 Å². The Kier molecular flexibility index (Phi) is 6.91. The predicted octanol–water partition coefficient (Wildman–Crippen LogP) is 0.194. The maximum Gasteiger partial charge on any atom is 0.317 e. The molecule has 0 spiro atoms. The van der Waals surface area contributed by atoms with Gasteiger partial charge in [-0.1, -0.05) is 6.92 Å². The molecule has 0 saturated carbocycles. The Morgan fingerprint density at radius 2 is 2.10 bits per heavy atom. The van der Waals surface area contributed by atoms with Gasteiger partial charge < -0.3 is 25.3 Å². The minimum atomic E-state index is -0.818. The molecule has 0 aromatic rings. The van der Waals surface area contributed by atoms with Crippen LogP contribution >= 0.6 is 0 Å². The number of likely N-dealkylation sites (tertiary alicyclic amines) is 1. The van der Waals surface area contributed by atoms with Gasteiger partial charge in [0, 0.05) is 32.1 Å². The third kappa shape index (κ3) is 6.31. The first kappa shape index (κ1) is 17.7. The molecule has 1 heterocycles. The van der Waals surface area contributed by atoms with Gasteiger partial charge in [0.1, 0.15) is 0 Å². The molecule has 0 radical (unpaired) electrons. The second-order valence-corrected chi connectivity index (χ2v) is 6.18. The first-order chi connectivity index (χ1) is 9.79. The zero-order valence-corrected chi connectivity index (χ0v) is 13.1. The number of hydrogen-bond donors (Lipinski definition) is 3. The Hall–Kier alpha value is -1.34. The van der Waals surface area contributed by atoms with Crippen molar-refractivity contribution in [3.8, 4) is 0 Å². The van der Waals surface area contributed by atoms with Crippen LogP contribution in [0.5, 0.6) is 0 Å². The molecule has 0 aromatic heterocycles. The van der Waals surface area contributed by atoms with Crippen LogP contribution in [0.1, 0.15) is 26.2 Å². The minimum Gasteiger partial charge on any atom is -0.481 e. The number of carboxylic acid groups (broad SMARTS) is 1. The molecule has 1 saturated heterocycles. The molecule has 0 aromatic carbocycles. The van der Waals surface area contributed by atoms with E-state index in [9.17, 15) is 14.7 Å². The number of carboxylic acids is 1. The molecule has 1 fully saturated rings. The van der Waals surface area contributed by atoms with Gasteiger partial charge in [-0.3, -0.25) is 4.79 Å². The number of nitrogens with one attached hydrogen (secondary N) is 1. The highest BCUT2D eigenvalue weighted by Gasteiger charge is 2.34. The molecule has 3 N–H and O–H groups in total. The summed E-state index contributed by atoms with van der Waals surface area (Å²) in [5.74, 6) is -0.702. The van der Waals surface area contributed by atoms with E-state index in [1.54, 1.807) is 4.90 Å². The number of aliphatic hydroxyl groups is 1. The van der Waals surface area contributed by atoms with E-state index < -0.39 is 12.1 Å². The molecule has 7 heteroatoms. The van der Waals surface area contributed by atoms with Gasteiger partial charge in [0.2, 0.25) is 0 Å². The van der Waals surface area contributed by atoms with Gasteiger partial charge in [-0.05, 0) is 32.9 Å². The Labute approximate surface area is 125 Å². The molecule has 0 bridgehead atoms. The normalized spacial score (nSPS) is 23.4. The summed E-state index contributed by atoms with van der Waals surface area (Å²) in [6.07, 6.45) is 0.785. The van der Waals surface area contributed by atoms with E-state index in [2.05, 4.69) is 5.32 Å². The average molecular weight is 301 g/mol. The van der Waals surface area contributed by atoms with Gasteiger partial charge in [0.15, 0.2) is 0 Å². The van der Waals surface area contributed by atoms with Crippen molar-refractivity contribution in [2.24, 2.45) is 5.92 Å². The molecule has 21 heavy (non-hydrogen) atoms. The molecule has 3 atom stereocenters. The number of β-amino-alcohol motifs (C(OH)–C–C–N with tert-alkyl or cyclic N) is 1. The smallest absolute Gasteiger partial charge is 0.317 e. The molecule has 122 valence electrons. The van der Waals surface area contributed by atoms with E-state index in [1.165, 1.54) is 0 Å². The molecule has 1 aliphatic rings. The highest BCUT2D eigenvalue weighted by Crippen LogP contribution is 2.18. The van der Waals surface area contributed by atoms with Gasteiger partial charge >= 0.3 is 12.0 Å². The van der Waals surface area contributed by atoms with Crippen LogP contribution < -0.4 is 5.32 Å². The molecule has 1 aliphatic heterocycles. The van der Waals surface area contributed by atoms with Gasteiger partial charge in [0.25, 0.3) is 0 Å². The van der Waals surface area contributed by atoms with Crippen LogP contribution in [0, 0.1) is 5.92 Å². The van der Waals surface area contributed by atoms with Crippen molar-refractivity contribution in [3.05, 3.63) is 0 Å². The van der Waals surface area contributed by atoms with E-state index in [0.29, 0.717) is 25.9 Å². The van der Waals surface area contributed by atoms with E-state index in [-0.39, 0.29) is 24.4 Å². The molecule has 3 unspecified atom stereocenters. The Balaban J connectivity index is 2.40. The van der Waals surface area contributed by atoms with Crippen LogP contribution in [0.2, 0.25) is 0 Å². The fourth-order valence-electron chi connectivity index (χ4n) is 2.57. The molecule has 7 nitrogen and oxygen atoms in total. The first-order valence-electron chi connectivity index (χ1n) is 7.38. The fourth-order valence-corrected chi connectivity index (χ4v) is 2.57. The third-order valence-electron chi connectivity index (χ3n) is 3.68. The Morgan fingerprint density at radius 1 is 1.43 bits per heavy atom. The zero-order valence-electron chi connectivity index (χ0n) is 13.1. The highest BCUT2D eigenvalue weighted by molar-refractivity contribution is 5.75. The summed E-state index contributed by atoms with van der Waals surface area (Å²) in [6, 6.07) is -0.162. The number of urea groups is 1. The van der Waals surface area contributed by atoms with Gasteiger partial charge in [0.05, 0.1) is 6.10 Å². The minimum absolute atomic E-state index is 0.0179. The Bertz CT molecular complexity index is 362. The topological polar surface area (TPSA) is 93.1 Å². The number of amides is 2. The Morgan fingerprint density at radius 3 is 2.67 bits per heavy atom. The summed E-state index contributed by atoms with van der Waals surface area (Å²) in [7, 11) is 3.88. The number of hydrogen-bond acceptors (Lipinski definition) is 4. The third-order valence-corrected chi connectivity index (χ3v) is 3.68. The summed E-state index contributed by atoms with van der Waals surface area (Å²) < 4.78 is 0. The lowest BCUT2D eigenvalue weighted by Crippen LogP contribution is -2.47. The van der Waals surface area contributed by atoms with E-state index in [4.69, 9.17) is 5.11 Å². The number of carbonyl (C=O) groups is 2. The lowest BCUT2D eigenvalue weighted by molar-refractivity contribution is -0.137.